The van der Waals surface area contributed by atoms with Crippen LogP contribution in [0.5, 0.6) is 0 Å². The molecule has 1 N–H and O–H groups in total. The second-order valence-corrected chi connectivity index (χ2v) is 9.12. The van der Waals surface area contributed by atoms with Crippen molar-refractivity contribution in [2.24, 2.45) is 5.92 Å². The zero-order valence-corrected chi connectivity index (χ0v) is 18.1. The Labute approximate surface area is 182 Å². The molecule has 3 heterocycles. The molecular formula is C22H21N3O3S2. The van der Waals surface area contributed by atoms with E-state index in [9.17, 15) is 14.4 Å². The van der Waals surface area contributed by atoms with Gasteiger partial charge in [0.2, 0.25) is 5.91 Å². The highest BCUT2D eigenvalue weighted by atomic mass is 32.1. The first-order valence-corrected chi connectivity index (χ1v) is 11.4. The lowest BCUT2D eigenvalue weighted by atomic mass is 9.97. The van der Waals surface area contributed by atoms with Gasteiger partial charge in [-0.2, -0.15) is 0 Å². The summed E-state index contributed by atoms with van der Waals surface area (Å²) in [7, 11) is 0. The fraction of sp³-hybridized carbons (Fsp3) is 0.273. The summed E-state index contributed by atoms with van der Waals surface area (Å²) < 4.78 is 0. The number of nitrogens with zero attached hydrogens (tertiary/aromatic N) is 2. The smallest absolute Gasteiger partial charge is 0.263 e. The number of aromatic nitrogens is 1. The molecule has 0 bridgehead atoms. The predicted octanol–water partition coefficient (Wildman–Crippen LogP) is 4.57. The summed E-state index contributed by atoms with van der Waals surface area (Å²) in [5, 5.41) is 5.16. The predicted molar refractivity (Wildman–Crippen MR) is 119 cm³/mol. The van der Waals surface area contributed by atoms with Crippen molar-refractivity contribution in [1.82, 2.24) is 9.88 Å². The van der Waals surface area contributed by atoms with Gasteiger partial charge in [0.05, 0.1) is 21.4 Å². The van der Waals surface area contributed by atoms with Crippen LogP contribution in [-0.4, -0.2) is 40.6 Å². The van der Waals surface area contributed by atoms with Gasteiger partial charge in [-0.3, -0.25) is 14.4 Å². The van der Waals surface area contributed by atoms with Crippen molar-refractivity contribution in [2.45, 2.75) is 19.8 Å². The van der Waals surface area contributed by atoms with Crippen molar-refractivity contribution in [2.75, 3.05) is 18.4 Å². The lowest BCUT2D eigenvalue weighted by Gasteiger charge is -2.31. The molecule has 0 saturated carbocycles. The van der Waals surface area contributed by atoms with Crippen molar-refractivity contribution >= 4 is 45.4 Å². The molecule has 2 aromatic heterocycles. The number of carbonyl (C=O) groups excluding carboxylic acids is 3. The third-order valence-electron chi connectivity index (χ3n) is 5.04. The lowest BCUT2D eigenvalue weighted by molar-refractivity contribution is -0.121. The number of benzene rings is 1. The summed E-state index contributed by atoms with van der Waals surface area (Å²) in [5.41, 5.74) is 1.42. The van der Waals surface area contributed by atoms with Gasteiger partial charge in [-0.15, -0.1) is 11.3 Å². The van der Waals surface area contributed by atoms with Gasteiger partial charge in [0, 0.05) is 25.6 Å². The van der Waals surface area contributed by atoms with Crippen molar-refractivity contribution in [1.29, 1.82) is 0 Å². The standard InChI is InChI=1S/C22H21N3O3S2/c1-14(26)19-18(15-7-3-2-4-8-15)23-22(30-19)24-20(27)16-9-5-11-25(13-16)21(28)17-10-6-12-29-17/h2-4,6-8,10,12,16H,5,9,11,13H2,1H3,(H,23,24,27)/t16-/m0/s1. The van der Waals surface area contributed by atoms with E-state index in [-0.39, 0.29) is 23.5 Å². The van der Waals surface area contributed by atoms with Crippen LogP contribution < -0.4 is 5.32 Å². The number of ketones is 1. The molecule has 0 spiro atoms. The Morgan fingerprint density at radius 3 is 2.63 bits per heavy atom. The average molecular weight is 440 g/mol. The lowest BCUT2D eigenvalue weighted by Crippen LogP contribution is -2.43. The molecule has 0 unspecified atom stereocenters. The maximum Gasteiger partial charge on any atom is 0.263 e. The highest BCUT2D eigenvalue weighted by Crippen LogP contribution is 2.32. The fourth-order valence-electron chi connectivity index (χ4n) is 3.54. The minimum Gasteiger partial charge on any atom is -0.337 e. The molecule has 8 heteroatoms. The Hall–Kier alpha value is -2.84. The first kappa shape index (κ1) is 20.4. The zero-order valence-electron chi connectivity index (χ0n) is 16.5. The summed E-state index contributed by atoms with van der Waals surface area (Å²) in [6, 6.07) is 13.1. The maximum absolute atomic E-state index is 12.9. The largest absolute Gasteiger partial charge is 0.337 e. The van der Waals surface area contributed by atoms with Crippen LogP contribution in [0.3, 0.4) is 0 Å². The molecular weight excluding hydrogens is 418 g/mol. The summed E-state index contributed by atoms with van der Waals surface area (Å²) >= 11 is 2.60. The number of thiophene rings is 1. The van der Waals surface area contributed by atoms with E-state index in [1.165, 1.54) is 29.6 Å². The minimum atomic E-state index is -0.299. The molecule has 0 radical (unpaired) electrons. The molecule has 1 aromatic carbocycles. The van der Waals surface area contributed by atoms with Gasteiger partial charge in [-0.25, -0.2) is 4.98 Å². The van der Waals surface area contributed by atoms with E-state index in [0.717, 1.165) is 18.4 Å². The Balaban J connectivity index is 1.48. The topological polar surface area (TPSA) is 79.4 Å². The summed E-state index contributed by atoms with van der Waals surface area (Å²) in [5.74, 6) is -0.575. The molecule has 1 aliphatic rings. The van der Waals surface area contributed by atoms with Gasteiger partial charge in [-0.1, -0.05) is 47.7 Å². The van der Waals surface area contributed by atoms with Crippen molar-refractivity contribution in [3.8, 4) is 11.3 Å². The van der Waals surface area contributed by atoms with E-state index in [0.29, 0.717) is 33.7 Å². The van der Waals surface area contributed by atoms with E-state index in [1.807, 2.05) is 41.8 Å². The molecule has 1 aliphatic heterocycles. The number of amides is 2. The molecule has 3 aromatic rings. The summed E-state index contributed by atoms with van der Waals surface area (Å²) in [6.07, 6.45) is 1.50. The van der Waals surface area contributed by atoms with Gasteiger partial charge in [0.1, 0.15) is 0 Å². The van der Waals surface area contributed by atoms with Crippen LogP contribution in [0.25, 0.3) is 11.3 Å². The van der Waals surface area contributed by atoms with Gasteiger partial charge >= 0.3 is 0 Å². The number of anilines is 1. The second kappa shape index (κ2) is 8.89. The van der Waals surface area contributed by atoms with E-state index in [4.69, 9.17) is 0 Å². The highest BCUT2D eigenvalue weighted by molar-refractivity contribution is 7.18. The number of piperidine rings is 1. The average Bonchev–Trinajstić information content (AvgIpc) is 3.44. The highest BCUT2D eigenvalue weighted by Gasteiger charge is 2.30. The van der Waals surface area contributed by atoms with Crippen molar-refractivity contribution in [3.05, 3.63) is 57.6 Å². The molecule has 2 amide bonds. The monoisotopic (exact) mass is 439 g/mol. The normalized spacial score (nSPS) is 16.3. The van der Waals surface area contributed by atoms with Crippen LogP contribution in [0.2, 0.25) is 0 Å². The Morgan fingerprint density at radius 2 is 1.93 bits per heavy atom. The number of Topliss-reactive ketones (excluding diaryl/α,β-unsaturated/α-hetero) is 1. The number of hydrogen-bond acceptors (Lipinski definition) is 6. The zero-order chi connectivity index (χ0) is 21.1. The molecule has 30 heavy (non-hydrogen) atoms. The number of thiazole rings is 1. The van der Waals surface area contributed by atoms with Crippen LogP contribution in [0.4, 0.5) is 5.13 Å². The molecule has 154 valence electrons. The number of nitrogens with one attached hydrogen (secondary N) is 1. The van der Waals surface area contributed by atoms with E-state index in [2.05, 4.69) is 10.3 Å². The number of likely N-dealkylation sites (tertiary alicyclic amines) is 1. The fourth-order valence-corrected chi connectivity index (χ4v) is 5.12. The Bertz CT molecular complexity index is 1060. The Morgan fingerprint density at radius 1 is 1.13 bits per heavy atom. The van der Waals surface area contributed by atoms with Crippen LogP contribution in [0.15, 0.2) is 47.8 Å². The summed E-state index contributed by atoms with van der Waals surface area (Å²) in [4.78, 5) is 45.1. The third-order valence-corrected chi connectivity index (χ3v) is 6.97. The molecule has 0 aliphatic carbocycles. The second-order valence-electron chi connectivity index (χ2n) is 7.18. The van der Waals surface area contributed by atoms with Crippen molar-refractivity contribution in [3.63, 3.8) is 0 Å². The van der Waals surface area contributed by atoms with Crippen LogP contribution >= 0.6 is 22.7 Å². The molecule has 6 nitrogen and oxygen atoms in total. The molecule has 1 saturated heterocycles. The van der Waals surface area contributed by atoms with Crippen molar-refractivity contribution < 1.29 is 14.4 Å². The van der Waals surface area contributed by atoms with Gasteiger partial charge in [-0.05, 0) is 24.3 Å². The SMILES string of the molecule is CC(=O)c1sc(NC(=O)[C@H]2CCCN(C(=O)c3cccs3)C2)nc1-c1ccccc1. The number of rotatable bonds is 5. The maximum atomic E-state index is 12.9. The van der Waals surface area contributed by atoms with Gasteiger partial charge in [0.25, 0.3) is 5.91 Å². The van der Waals surface area contributed by atoms with E-state index in [1.54, 1.807) is 11.0 Å². The van der Waals surface area contributed by atoms with Gasteiger partial charge in [0.15, 0.2) is 10.9 Å². The molecule has 1 atom stereocenters. The van der Waals surface area contributed by atoms with Crippen LogP contribution in [0, 0.1) is 5.92 Å². The first-order chi connectivity index (χ1) is 14.5. The first-order valence-electron chi connectivity index (χ1n) is 9.73. The van der Waals surface area contributed by atoms with Crippen LogP contribution in [-0.2, 0) is 4.79 Å². The Kier molecular flexibility index (Phi) is 6.06. The van der Waals surface area contributed by atoms with E-state index >= 15 is 0 Å². The quantitative estimate of drug-likeness (QED) is 0.591. The molecule has 1 fully saturated rings. The molecule has 4 rings (SSSR count). The third kappa shape index (κ3) is 4.34. The van der Waals surface area contributed by atoms with E-state index < -0.39 is 0 Å². The van der Waals surface area contributed by atoms with Crippen LogP contribution in [0.1, 0.15) is 39.1 Å². The minimum absolute atomic E-state index is 0.0259. The van der Waals surface area contributed by atoms with Gasteiger partial charge < -0.3 is 10.2 Å². The number of carbonyl (C=O) groups is 3. The summed E-state index contributed by atoms with van der Waals surface area (Å²) in [6.45, 7) is 2.55. The number of hydrogen-bond donors (Lipinski definition) is 1.